The highest BCUT2D eigenvalue weighted by Crippen LogP contribution is 2.32. The zero-order valence-electron chi connectivity index (χ0n) is 17.0. The van der Waals surface area contributed by atoms with Gasteiger partial charge in [-0.2, -0.15) is 0 Å². The van der Waals surface area contributed by atoms with E-state index in [1.54, 1.807) is 21.0 Å². The van der Waals surface area contributed by atoms with Crippen molar-refractivity contribution in [3.63, 3.8) is 0 Å². The molecule has 3 N–H and O–H groups in total. The summed E-state index contributed by atoms with van der Waals surface area (Å²) >= 11 is 0. The molecule has 2 aromatic heterocycles. The van der Waals surface area contributed by atoms with Gasteiger partial charge in [-0.15, -0.1) is 0 Å². The van der Waals surface area contributed by atoms with Crippen molar-refractivity contribution >= 4 is 27.8 Å². The predicted octanol–water partition coefficient (Wildman–Crippen LogP) is 3.79. The molecule has 0 unspecified atom stereocenters. The molecule has 2 aromatic carbocycles. The van der Waals surface area contributed by atoms with Crippen molar-refractivity contribution in [3.05, 3.63) is 54.4 Å². The van der Waals surface area contributed by atoms with Gasteiger partial charge in [0.25, 0.3) is 0 Å². The van der Waals surface area contributed by atoms with E-state index in [2.05, 4.69) is 39.9 Å². The fourth-order valence-electron chi connectivity index (χ4n) is 3.71. The van der Waals surface area contributed by atoms with Crippen molar-refractivity contribution in [2.24, 2.45) is 0 Å². The van der Waals surface area contributed by atoms with Crippen LogP contribution in [-0.4, -0.2) is 39.0 Å². The van der Waals surface area contributed by atoms with Crippen molar-refractivity contribution in [1.29, 1.82) is 0 Å². The highest BCUT2D eigenvalue weighted by atomic mass is 16.5. The summed E-state index contributed by atoms with van der Waals surface area (Å²) in [6.07, 6.45) is 0.629. The largest absolute Gasteiger partial charge is 0.389 e. The molecule has 4 aromatic rings. The number of fused-ring (bicyclic) bond motifs is 3. The van der Waals surface area contributed by atoms with Crippen LogP contribution in [0.15, 0.2) is 48.5 Å². The van der Waals surface area contributed by atoms with E-state index in [0.717, 1.165) is 33.4 Å². The zero-order chi connectivity index (χ0) is 20.6. The second-order valence-corrected chi connectivity index (χ2v) is 7.96. The van der Waals surface area contributed by atoms with Gasteiger partial charge >= 0.3 is 0 Å². The molecule has 0 radical (unpaired) electrons. The molecule has 0 aliphatic heterocycles. The number of ether oxygens (including phenoxy) is 1. The molecule has 2 heterocycles. The van der Waals surface area contributed by atoms with E-state index in [1.165, 1.54) is 0 Å². The molecular formula is C23H26N4O2. The smallest absolute Gasteiger partial charge is 0.152 e. The first kappa shape index (κ1) is 19.4. The number of benzene rings is 2. The van der Waals surface area contributed by atoms with E-state index in [4.69, 9.17) is 15.5 Å². The maximum absolute atomic E-state index is 10.5. The monoisotopic (exact) mass is 390 g/mol. The molecule has 0 spiro atoms. The Bertz CT molecular complexity index is 1160. The highest BCUT2D eigenvalue weighted by Gasteiger charge is 2.22. The van der Waals surface area contributed by atoms with Crippen LogP contribution in [-0.2, 0) is 17.7 Å². The van der Waals surface area contributed by atoms with Gasteiger partial charge < -0.3 is 20.1 Å². The van der Waals surface area contributed by atoms with E-state index in [9.17, 15) is 5.11 Å². The summed E-state index contributed by atoms with van der Waals surface area (Å²) in [5.74, 6) is 1.22. The summed E-state index contributed by atoms with van der Waals surface area (Å²) in [5, 5.41) is 11.5. The molecule has 0 bridgehead atoms. The lowest BCUT2D eigenvalue weighted by molar-refractivity contribution is 0.0615. The maximum Gasteiger partial charge on any atom is 0.152 e. The van der Waals surface area contributed by atoms with Crippen LogP contribution in [0.1, 0.15) is 19.7 Å². The Morgan fingerprint density at radius 2 is 1.83 bits per heavy atom. The van der Waals surface area contributed by atoms with Crippen LogP contribution in [0, 0.1) is 0 Å². The highest BCUT2D eigenvalue weighted by molar-refractivity contribution is 6.07. The Kier molecular flexibility index (Phi) is 4.98. The van der Waals surface area contributed by atoms with E-state index in [-0.39, 0.29) is 0 Å². The van der Waals surface area contributed by atoms with Crippen molar-refractivity contribution in [2.75, 3.05) is 19.5 Å². The Labute approximate surface area is 170 Å². The average Bonchev–Trinajstić information content (AvgIpc) is 3.04. The molecule has 0 amide bonds. The third-order valence-corrected chi connectivity index (χ3v) is 4.96. The van der Waals surface area contributed by atoms with Crippen molar-refractivity contribution in [1.82, 2.24) is 14.5 Å². The number of hydrogen-bond donors (Lipinski definition) is 2. The van der Waals surface area contributed by atoms with Crippen LogP contribution in [0.5, 0.6) is 0 Å². The van der Waals surface area contributed by atoms with Crippen LogP contribution >= 0.6 is 0 Å². The number of nitrogen functional groups attached to an aromatic ring is 1. The van der Waals surface area contributed by atoms with Crippen molar-refractivity contribution in [3.8, 4) is 11.1 Å². The second kappa shape index (κ2) is 7.46. The fourth-order valence-corrected chi connectivity index (χ4v) is 3.71. The SMILES string of the molecule is COCCc1nc2c(N)nc3cc(-c4ccccc4)ccc3c2n1CC(C)(C)O. The first-order chi connectivity index (χ1) is 13.9. The quantitative estimate of drug-likeness (QED) is 0.523. The van der Waals surface area contributed by atoms with Crippen molar-refractivity contribution in [2.45, 2.75) is 32.4 Å². The lowest BCUT2D eigenvalue weighted by Gasteiger charge is -2.20. The molecule has 0 fully saturated rings. The molecule has 6 heteroatoms. The van der Waals surface area contributed by atoms with Gasteiger partial charge in [-0.1, -0.05) is 42.5 Å². The van der Waals surface area contributed by atoms with Gasteiger partial charge in [0, 0.05) is 18.9 Å². The maximum atomic E-state index is 10.5. The van der Waals surface area contributed by atoms with Gasteiger partial charge in [0.1, 0.15) is 11.3 Å². The molecule has 0 aliphatic rings. The van der Waals surface area contributed by atoms with Crippen LogP contribution < -0.4 is 5.73 Å². The summed E-state index contributed by atoms with van der Waals surface area (Å²) in [7, 11) is 1.67. The first-order valence-electron chi connectivity index (χ1n) is 9.72. The summed E-state index contributed by atoms with van der Waals surface area (Å²) in [5.41, 5.74) is 9.99. The van der Waals surface area contributed by atoms with Gasteiger partial charge in [0.05, 0.1) is 29.8 Å². The minimum atomic E-state index is -0.899. The number of aromatic nitrogens is 3. The Hall–Kier alpha value is -2.96. The second-order valence-electron chi connectivity index (χ2n) is 7.96. The third kappa shape index (κ3) is 3.81. The van der Waals surface area contributed by atoms with E-state index < -0.39 is 5.60 Å². The number of nitrogens with zero attached hydrogens (tertiary/aromatic N) is 3. The number of nitrogens with two attached hydrogens (primary N) is 1. The number of anilines is 1. The topological polar surface area (TPSA) is 86.2 Å². The minimum Gasteiger partial charge on any atom is -0.389 e. The molecule has 6 nitrogen and oxygen atoms in total. The molecule has 0 saturated heterocycles. The molecule has 4 rings (SSSR count). The molecule has 0 atom stereocenters. The van der Waals surface area contributed by atoms with E-state index in [0.29, 0.717) is 30.9 Å². The normalized spacial score (nSPS) is 12.1. The summed E-state index contributed by atoms with van der Waals surface area (Å²) in [6.45, 7) is 4.53. The third-order valence-electron chi connectivity index (χ3n) is 4.96. The van der Waals surface area contributed by atoms with Gasteiger partial charge in [-0.3, -0.25) is 0 Å². The predicted molar refractivity (Wildman–Crippen MR) is 117 cm³/mol. The summed E-state index contributed by atoms with van der Waals surface area (Å²) < 4.78 is 7.30. The number of aliphatic hydroxyl groups is 1. The lowest BCUT2D eigenvalue weighted by atomic mass is 10.0. The molecule has 29 heavy (non-hydrogen) atoms. The molecule has 150 valence electrons. The van der Waals surface area contributed by atoms with Crippen LogP contribution in [0.25, 0.3) is 33.1 Å². The van der Waals surface area contributed by atoms with E-state index in [1.807, 2.05) is 18.2 Å². The minimum absolute atomic E-state index is 0.394. The van der Waals surface area contributed by atoms with Crippen LogP contribution in [0.3, 0.4) is 0 Å². The standard InChI is InChI=1S/C23H26N4O2/c1-23(2,28)14-27-19(11-12-29-3)26-20-21(27)17-10-9-16(13-18(17)25-22(20)24)15-7-5-4-6-8-15/h4-10,13,28H,11-12,14H2,1-3H3,(H2,24,25). The average molecular weight is 390 g/mol. The Morgan fingerprint density at radius 3 is 2.52 bits per heavy atom. The Morgan fingerprint density at radius 1 is 1.07 bits per heavy atom. The van der Waals surface area contributed by atoms with Crippen molar-refractivity contribution < 1.29 is 9.84 Å². The molecule has 0 aliphatic carbocycles. The summed E-state index contributed by atoms with van der Waals surface area (Å²) in [6, 6.07) is 16.4. The van der Waals surface area contributed by atoms with Gasteiger partial charge in [0.15, 0.2) is 5.82 Å². The zero-order valence-corrected chi connectivity index (χ0v) is 17.0. The van der Waals surface area contributed by atoms with Gasteiger partial charge in [-0.25, -0.2) is 9.97 Å². The number of methoxy groups -OCH3 is 1. The fraction of sp³-hybridized carbons (Fsp3) is 0.304. The molecular weight excluding hydrogens is 364 g/mol. The van der Waals surface area contributed by atoms with E-state index >= 15 is 0 Å². The number of imidazole rings is 1. The lowest BCUT2D eigenvalue weighted by Crippen LogP contribution is -2.27. The van der Waals surface area contributed by atoms with Crippen LogP contribution in [0.4, 0.5) is 5.82 Å². The molecule has 0 saturated carbocycles. The first-order valence-corrected chi connectivity index (χ1v) is 9.72. The number of rotatable bonds is 6. The van der Waals surface area contributed by atoms with Gasteiger partial charge in [0.2, 0.25) is 0 Å². The number of pyridine rings is 1. The van der Waals surface area contributed by atoms with Gasteiger partial charge in [-0.05, 0) is 31.0 Å². The Balaban J connectivity index is 1.96. The number of hydrogen-bond acceptors (Lipinski definition) is 5. The van der Waals surface area contributed by atoms with Crippen LogP contribution in [0.2, 0.25) is 0 Å². The summed E-state index contributed by atoms with van der Waals surface area (Å²) in [4.78, 5) is 9.38.